The van der Waals surface area contributed by atoms with Crippen LogP contribution in [0.15, 0.2) is 36.7 Å². The summed E-state index contributed by atoms with van der Waals surface area (Å²) >= 11 is 0. The van der Waals surface area contributed by atoms with Crippen molar-refractivity contribution in [1.29, 1.82) is 0 Å². The van der Waals surface area contributed by atoms with Crippen LogP contribution >= 0.6 is 0 Å². The highest BCUT2D eigenvalue weighted by Crippen LogP contribution is 2.17. The van der Waals surface area contributed by atoms with Crippen LogP contribution in [0.25, 0.3) is 11.3 Å². The molecule has 1 unspecified atom stereocenters. The molecule has 1 aliphatic heterocycles. The molecule has 22 heavy (non-hydrogen) atoms. The number of rotatable bonds is 4. The van der Waals surface area contributed by atoms with E-state index in [9.17, 15) is 9.18 Å². The first-order valence-corrected chi connectivity index (χ1v) is 7.15. The lowest BCUT2D eigenvalue weighted by molar-refractivity contribution is -0.125. The number of carbonyl (C=O) groups is 1. The Hall–Kier alpha value is -2.34. The minimum atomic E-state index is -0.288. The second-order valence-electron chi connectivity index (χ2n) is 5.18. The molecule has 1 atom stereocenters. The fourth-order valence-electron chi connectivity index (χ4n) is 2.34. The van der Waals surface area contributed by atoms with Crippen molar-refractivity contribution in [2.75, 3.05) is 13.2 Å². The van der Waals surface area contributed by atoms with Gasteiger partial charge in [0.15, 0.2) is 0 Å². The van der Waals surface area contributed by atoms with E-state index >= 15 is 0 Å². The average Bonchev–Trinajstić information content (AvgIpc) is 3.08. The zero-order chi connectivity index (χ0) is 15.4. The summed E-state index contributed by atoms with van der Waals surface area (Å²) in [6.45, 7) is 1.46. The Morgan fingerprint density at radius 2 is 2.14 bits per heavy atom. The van der Waals surface area contributed by atoms with E-state index in [-0.39, 0.29) is 17.6 Å². The van der Waals surface area contributed by atoms with Crippen molar-refractivity contribution >= 4 is 5.91 Å². The van der Waals surface area contributed by atoms with Crippen LogP contribution in [0.3, 0.4) is 0 Å². The van der Waals surface area contributed by atoms with Crippen LogP contribution < -0.4 is 5.32 Å². The Labute approximate surface area is 127 Å². The standard InChI is InChI=1S/C16H16FN3O2/c17-13-3-1-11(2-4-13)15-7-14(19-10-20-15)8-18-16(21)12-5-6-22-9-12/h1-4,7,10,12H,5-6,8-9H2,(H,18,21). The van der Waals surface area contributed by atoms with Crippen LogP contribution in [0.1, 0.15) is 12.1 Å². The third kappa shape index (κ3) is 3.46. The predicted octanol–water partition coefficient (Wildman–Crippen LogP) is 1.94. The topological polar surface area (TPSA) is 64.1 Å². The predicted molar refractivity (Wildman–Crippen MR) is 78.2 cm³/mol. The number of hydrogen-bond donors (Lipinski definition) is 1. The molecule has 1 aromatic carbocycles. The molecule has 1 aromatic heterocycles. The lowest BCUT2D eigenvalue weighted by Crippen LogP contribution is -2.30. The average molecular weight is 301 g/mol. The number of benzene rings is 1. The van der Waals surface area contributed by atoms with Crippen LogP contribution in [0, 0.1) is 11.7 Å². The first-order valence-electron chi connectivity index (χ1n) is 7.15. The van der Waals surface area contributed by atoms with Crippen LogP contribution in [-0.4, -0.2) is 29.1 Å². The minimum absolute atomic E-state index is 0.0144. The van der Waals surface area contributed by atoms with Crippen molar-refractivity contribution < 1.29 is 13.9 Å². The van der Waals surface area contributed by atoms with Gasteiger partial charge in [0.25, 0.3) is 0 Å². The van der Waals surface area contributed by atoms with E-state index in [1.807, 2.05) is 0 Å². The first kappa shape index (κ1) is 14.6. The maximum absolute atomic E-state index is 12.9. The summed E-state index contributed by atoms with van der Waals surface area (Å²) < 4.78 is 18.1. The van der Waals surface area contributed by atoms with Gasteiger partial charge in [-0.05, 0) is 36.8 Å². The quantitative estimate of drug-likeness (QED) is 0.937. The monoisotopic (exact) mass is 301 g/mol. The Kier molecular flexibility index (Phi) is 4.39. The summed E-state index contributed by atoms with van der Waals surface area (Å²) in [6, 6.07) is 7.89. The van der Waals surface area contributed by atoms with Gasteiger partial charge in [-0.1, -0.05) is 0 Å². The zero-order valence-electron chi connectivity index (χ0n) is 12.0. The molecule has 1 aliphatic rings. The third-order valence-electron chi connectivity index (χ3n) is 3.61. The SMILES string of the molecule is O=C(NCc1cc(-c2ccc(F)cc2)ncn1)C1CCOC1. The summed E-state index contributed by atoms with van der Waals surface area (Å²) in [4.78, 5) is 20.3. The molecule has 2 aromatic rings. The minimum Gasteiger partial charge on any atom is -0.381 e. The Balaban J connectivity index is 1.66. The molecule has 5 nitrogen and oxygen atoms in total. The molecule has 6 heteroatoms. The van der Waals surface area contributed by atoms with E-state index in [0.717, 1.165) is 12.0 Å². The van der Waals surface area contributed by atoms with E-state index in [1.165, 1.54) is 18.5 Å². The molecule has 0 radical (unpaired) electrons. The Morgan fingerprint density at radius 1 is 1.32 bits per heavy atom. The molecule has 1 amide bonds. The van der Waals surface area contributed by atoms with Gasteiger partial charge in [0.1, 0.15) is 12.1 Å². The fraction of sp³-hybridized carbons (Fsp3) is 0.312. The molecular weight excluding hydrogens is 285 g/mol. The van der Waals surface area contributed by atoms with Crippen molar-refractivity contribution in [3.63, 3.8) is 0 Å². The highest BCUT2D eigenvalue weighted by molar-refractivity contribution is 5.78. The van der Waals surface area contributed by atoms with Gasteiger partial charge in [-0.25, -0.2) is 14.4 Å². The molecule has 0 spiro atoms. The van der Waals surface area contributed by atoms with Crippen molar-refractivity contribution in [2.45, 2.75) is 13.0 Å². The lowest BCUT2D eigenvalue weighted by Gasteiger charge is -2.09. The zero-order valence-corrected chi connectivity index (χ0v) is 12.0. The van der Waals surface area contributed by atoms with Gasteiger partial charge < -0.3 is 10.1 Å². The largest absolute Gasteiger partial charge is 0.381 e. The first-order chi connectivity index (χ1) is 10.7. The normalized spacial score (nSPS) is 17.4. The smallest absolute Gasteiger partial charge is 0.225 e. The van der Waals surface area contributed by atoms with Crippen molar-refractivity contribution in [2.24, 2.45) is 5.92 Å². The van der Waals surface area contributed by atoms with Crippen molar-refractivity contribution in [1.82, 2.24) is 15.3 Å². The van der Waals surface area contributed by atoms with Crippen molar-refractivity contribution in [3.8, 4) is 11.3 Å². The van der Waals surface area contributed by atoms with Gasteiger partial charge in [-0.2, -0.15) is 0 Å². The van der Waals surface area contributed by atoms with Gasteiger partial charge in [0, 0.05) is 12.2 Å². The van der Waals surface area contributed by atoms with Gasteiger partial charge in [0.05, 0.1) is 30.5 Å². The maximum Gasteiger partial charge on any atom is 0.225 e. The molecule has 3 rings (SSSR count). The Bertz CT molecular complexity index is 655. The maximum atomic E-state index is 12.9. The summed E-state index contributed by atoms with van der Waals surface area (Å²) in [7, 11) is 0. The van der Waals surface area contributed by atoms with E-state index in [1.54, 1.807) is 18.2 Å². The van der Waals surface area contributed by atoms with Crippen LogP contribution in [0.5, 0.6) is 0 Å². The highest BCUT2D eigenvalue weighted by atomic mass is 19.1. The molecule has 1 N–H and O–H groups in total. The van der Waals surface area contributed by atoms with Gasteiger partial charge in [0.2, 0.25) is 5.91 Å². The molecule has 114 valence electrons. The number of ether oxygens (including phenoxy) is 1. The number of nitrogens with zero attached hydrogens (tertiary/aromatic N) is 2. The number of nitrogens with one attached hydrogen (secondary N) is 1. The lowest BCUT2D eigenvalue weighted by atomic mass is 10.1. The third-order valence-corrected chi connectivity index (χ3v) is 3.61. The molecule has 0 saturated carbocycles. The second-order valence-corrected chi connectivity index (χ2v) is 5.18. The van der Waals surface area contributed by atoms with Crippen molar-refractivity contribution in [3.05, 3.63) is 48.2 Å². The van der Waals surface area contributed by atoms with Crippen LogP contribution in [0.2, 0.25) is 0 Å². The molecule has 1 saturated heterocycles. The van der Waals surface area contributed by atoms with Crippen LogP contribution in [-0.2, 0) is 16.1 Å². The van der Waals surface area contributed by atoms with Gasteiger partial charge in [-0.15, -0.1) is 0 Å². The summed E-state index contributed by atoms with van der Waals surface area (Å²) in [5.41, 5.74) is 2.21. The number of carbonyl (C=O) groups excluding carboxylic acids is 1. The van der Waals surface area contributed by atoms with Gasteiger partial charge >= 0.3 is 0 Å². The summed E-state index contributed by atoms with van der Waals surface area (Å²) in [5.74, 6) is -0.373. The number of amides is 1. The van der Waals surface area contributed by atoms with Gasteiger partial charge in [-0.3, -0.25) is 4.79 Å². The number of hydrogen-bond acceptors (Lipinski definition) is 4. The second kappa shape index (κ2) is 6.62. The molecule has 0 aliphatic carbocycles. The van der Waals surface area contributed by atoms with E-state index in [0.29, 0.717) is 31.1 Å². The number of halogens is 1. The van der Waals surface area contributed by atoms with E-state index in [4.69, 9.17) is 4.74 Å². The van der Waals surface area contributed by atoms with E-state index < -0.39 is 0 Å². The fourth-order valence-corrected chi connectivity index (χ4v) is 2.34. The number of aromatic nitrogens is 2. The summed E-state index contributed by atoms with van der Waals surface area (Å²) in [6.07, 6.45) is 2.20. The molecule has 0 bridgehead atoms. The molecular formula is C16H16FN3O2. The van der Waals surface area contributed by atoms with E-state index in [2.05, 4.69) is 15.3 Å². The summed E-state index contributed by atoms with van der Waals surface area (Å²) in [5, 5.41) is 2.86. The Morgan fingerprint density at radius 3 is 2.86 bits per heavy atom. The molecule has 2 heterocycles. The molecule has 1 fully saturated rings. The van der Waals surface area contributed by atoms with Crippen LogP contribution in [0.4, 0.5) is 4.39 Å². The highest BCUT2D eigenvalue weighted by Gasteiger charge is 2.23.